The summed E-state index contributed by atoms with van der Waals surface area (Å²) in [6.07, 6.45) is 3.32. The summed E-state index contributed by atoms with van der Waals surface area (Å²) in [5, 5.41) is 0. The molecule has 2 atom stereocenters. The number of amidine groups is 1. The minimum Gasteiger partial charge on any atom is -0.324 e. The minimum atomic E-state index is -0.188. The second-order valence-electron chi connectivity index (χ2n) is 9.68. The van der Waals surface area contributed by atoms with Crippen molar-refractivity contribution < 1.29 is 4.79 Å². The van der Waals surface area contributed by atoms with E-state index < -0.39 is 0 Å². The monoisotopic (exact) mass is 451 g/mol. The number of hydrogen-bond acceptors (Lipinski definition) is 2. The Labute approximate surface area is 202 Å². The smallest absolute Gasteiger partial charge is 0.324 e. The molecule has 0 radical (unpaired) electrons. The van der Waals surface area contributed by atoms with Crippen molar-refractivity contribution in [2.75, 3.05) is 13.1 Å². The van der Waals surface area contributed by atoms with Crippen molar-refractivity contribution in [3.63, 3.8) is 0 Å². The molecule has 1 saturated heterocycles. The van der Waals surface area contributed by atoms with Crippen LogP contribution in [0.25, 0.3) is 0 Å². The van der Waals surface area contributed by atoms with Crippen LogP contribution in [-0.2, 0) is 0 Å². The summed E-state index contributed by atoms with van der Waals surface area (Å²) in [5.74, 6) is 0.782. The predicted molar refractivity (Wildman–Crippen MR) is 138 cm³/mol. The topological polar surface area (TPSA) is 35.9 Å². The summed E-state index contributed by atoms with van der Waals surface area (Å²) in [6.45, 7) is 7.92. The molecule has 4 heteroatoms. The number of piperidine rings is 1. The lowest BCUT2D eigenvalue weighted by Gasteiger charge is -2.36. The van der Waals surface area contributed by atoms with Crippen molar-refractivity contribution in [3.05, 3.63) is 106 Å². The molecule has 2 aliphatic heterocycles. The van der Waals surface area contributed by atoms with E-state index in [4.69, 9.17) is 4.99 Å². The number of amides is 2. The van der Waals surface area contributed by atoms with E-state index in [-0.39, 0.29) is 18.1 Å². The van der Waals surface area contributed by atoms with Gasteiger partial charge in [-0.3, -0.25) is 9.89 Å². The normalized spacial score (nSPS) is 20.4. The van der Waals surface area contributed by atoms with E-state index in [0.29, 0.717) is 0 Å². The van der Waals surface area contributed by atoms with Gasteiger partial charge in [-0.05, 0) is 56.7 Å². The van der Waals surface area contributed by atoms with Crippen molar-refractivity contribution in [2.45, 2.75) is 52.1 Å². The molecule has 2 heterocycles. The molecule has 0 aromatic heterocycles. The number of carbonyl (C=O) groups excluding carboxylic acids is 1. The molecule has 3 aromatic rings. The summed E-state index contributed by atoms with van der Waals surface area (Å²) < 4.78 is 0. The quantitative estimate of drug-likeness (QED) is 0.433. The SMILES string of the molecule is Cc1ccc(C2N=C(c3ccccc3C)N(C(=O)N3CCCCC3)C2c2ccc(C)cc2)cc1. The summed E-state index contributed by atoms with van der Waals surface area (Å²) >= 11 is 0. The number of aryl methyl sites for hydroxylation is 3. The zero-order valence-corrected chi connectivity index (χ0v) is 20.4. The van der Waals surface area contributed by atoms with E-state index in [1.807, 2.05) is 21.9 Å². The molecule has 0 saturated carbocycles. The second-order valence-corrected chi connectivity index (χ2v) is 9.68. The minimum absolute atomic E-state index is 0.0712. The van der Waals surface area contributed by atoms with Gasteiger partial charge in [0.15, 0.2) is 0 Å². The molecule has 34 heavy (non-hydrogen) atoms. The highest BCUT2D eigenvalue weighted by atomic mass is 16.2. The predicted octanol–water partition coefficient (Wildman–Crippen LogP) is 6.76. The molecule has 5 rings (SSSR count). The van der Waals surface area contributed by atoms with Crippen LogP contribution in [0.1, 0.15) is 64.7 Å². The highest BCUT2D eigenvalue weighted by molar-refractivity contribution is 6.10. The summed E-state index contributed by atoms with van der Waals surface area (Å²) in [6, 6.07) is 25.2. The second kappa shape index (κ2) is 9.46. The zero-order chi connectivity index (χ0) is 23.7. The van der Waals surface area contributed by atoms with Gasteiger partial charge in [-0.1, -0.05) is 83.9 Å². The van der Waals surface area contributed by atoms with E-state index in [2.05, 4.69) is 81.4 Å². The van der Waals surface area contributed by atoms with E-state index in [1.165, 1.54) is 17.5 Å². The van der Waals surface area contributed by atoms with Gasteiger partial charge < -0.3 is 4.90 Å². The van der Waals surface area contributed by atoms with Gasteiger partial charge in [0.1, 0.15) is 11.9 Å². The highest BCUT2D eigenvalue weighted by Crippen LogP contribution is 2.44. The third kappa shape index (κ3) is 4.25. The maximum absolute atomic E-state index is 14.1. The van der Waals surface area contributed by atoms with Crippen LogP contribution in [0.2, 0.25) is 0 Å². The molecule has 1 fully saturated rings. The Bertz CT molecular complexity index is 1190. The first kappa shape index (κ1) is 22.4. The van der Waals surface area contributed by atoms with Crippen molar-refractivity contribution in [1.29, 1.82) is 0 Å². The summed E-state index contributed by atoms with van der Waals surface area (Å²) in [7, 11) is 0. The van der Waals surface area contributed by atoms with Crippen LogP contribution in [0, 0.1) is 20.8 Å². The van der Waals surface area contributed by atoms with E-state index in [1.54, 1.807) is 0 Å². The number of benzene rings is 3. The number of hydrogen-bond donors (Lipinski definition) is 0. The lowest BCUT2D eigenvalue weighted by Crippen LogP contribution is -2.48. The van der Waals surface area contributed by atoms with Crippen LogP contribution < -0.4 is 0 Å². The first-order valence-electron chi connectivity index (χ1n) is 12.4. The van der Waals surface area contributed by atoms with Crippen molar-refractivity contribution in [3.8, 4) is 0 Å². The van der Waals surface area contributed by atoms with Gasteiger partial charge >= 0.3 is 6.03 Å². The van der Waals surface area contributed by atoms with Gasteiger partial charge in [0.2, 0.25) is 0 Å². The fourth-order valence-electron chi connectivity index (χ4n) is 5.12. The van der Waals surface area contributed by atoms with Crippen molar-refractivity contribution in [2.24, 2.45) is 4.99 Å². The zero-order valence-electron chi connectivity index (χ0n) is 20.4. The Balaban J connectivity index is 1.67. The van der Waals surface area contributed by atoms with E-state index >= 15 is 0 Å². The first-order valence-corrected chi connectivity index (χ1v) is 12.4. The van der Waals surface area contributed by atoms with Crippen molar-refractivity contribution in [1.82, 2.24) is 9.80 Å². The van der Waals surface area contributed by atoms with Crippen LogP contribution in [-0.4, -0.2) is 34.8 Å². The Kier molecular flexibility index (Phi) is 6.23. The molecule has 0 aliphatic carbocycles. The fraction of sp³-hybridized carbons (Fsp3) is 0.333. The standard InChI is InChI=1S/C30H33N3O/c1-21-11-15-24(16-12-21)27-28(25-17-13-22(2)14-18-25)33(30(34)32-19-7-4-8-20-32)29(31-27)26-10-6-5-9-23(26)3/h5-6,9-18,27-28H,4,7-8,19-20H2,1-3H3. The van der Waals surface area contributed by atoms with Gasteiger partial charge in [-0.25, -0.2) is 4.79 Å². The van der Waals surface area contributed by atoms with E-state index in [9.17, 15) is 4.79 Å². The maximum atomic E-state index is 14.1. The average Bonchev–Trinajstić information content (AvgIpc) is 3.25. The number of urea groups is 1. The van der Waals surface area contributed by atoms with Crippen LogP contribution >= 0.6 is 0 Å². The summed E-state index contributed by atoms with van der Waals surface area (Å²) in [5.41, 5.74) is 6.84. The fourth-order valence-corrected chi connectivity index (χ4v) is 5.12. The third-order valence-corrected chi connectivity index (χ3v) is 7.12. The molecule has 2 amide bonds. The molecule has 0 N–H and O–H groups in total. The van der Waals surface area contributed by atoms with Crippen LogP contribution in [0.3, 0.4) is 0 Å². The number of carbonyl (C=O) groups is 1. The Morgan fingerprint density at radius 1 is 0.765 bits per heavy atom. The Hall–Kier alpha value is -3.40. The molecule has 174 valence electrons. The van der Waals surface area contributed by atoms with Gasteiger partial charge in [0.05, 0.1) is 6.04 Å². The number of aliphatic imine (C=N–C) groups is 1. The average molecular weight is 452 g/mol. The van der Waals surface area contributed by atoms with Gasteiger partial charge in [-0.2, -0.15) is 0 Å². The molecule has 0 bridgehead atoms. The Morgan fingerprint density at radius 2 is 1.35 bits per heavy atom. The lowest BCUT2D eigenvalue weighted by atomic mass is 9.92. The third-order valence-electron chi connectivity index (χ3n) is 7.12. The van der Waals surface area contributed by atoms with Gasteiger partial charge in [-0.15, -0.1) is 0 Å². The maximum Gasteiger partial charge on any atom is 0.326 e. The molecule has 3 aromatic carbocycles. The molecule has 0 spiro atoms. The van der Waals surface area contributed by atoms with Gasteiger partial charge in [0, 0.05) is 18.7 Å². The van der Waals surface area contributed by atoms with Gasteiger partial charge in [0.25, 0.3) is 0 Å². The Morgan fingerprint density at radius 3 is 1.97 bits per heavy atom. The first-order chi connectivity index (χ1) is 16.5. The summed E-state index contributed by atoms with van der Waals surface area (Å²) in [4.78, 5) is 23.5. The number of rotatable bonds is 3. The van der Waals surface area contributed by atoms with Crippen LogP contribution in [0.4, 0.5) is 4.79 Å². The van der Waals surface area contributed by atoms with Crippen LogP contribution in [0.15, 0.2) is 77.8 Å². The van der Waals surface area contributed by atoms with E-state index in [0.717, 1.165) is 54.0 Å². The largest absolute Gasteiger partial charge is 0.326 e. The lowest BCUT2D eigenvalue weighted by molar-refractivity contribution is 0.153. The molecular formula is C30H33N3O. The molecule has 2 unspecified atom stereocenters. The molecule has 4 nitrogen and oxygen atoms in total. The van der Waals surface area contributed by atoms with Crippen molar-refractivity contribution >= 4 is 11.9 Å². The number of likely N-dealkylation sites (tertiary alicyclic amines) is 1. The number of nitrogens with zero attached hydrogens (tertiary/aromatic N) is 3. The molecular weight excluding hydrogens is 418 g/mol. The van der Waals surface area contributed by atoms with Crippen LogP contribution in [0.5, 0.6) is 0 Å². The molecule has 2 aliphatic rings. The highest BCUT2D eigenvalue weighted by Gasteiger charge is 2.44.